The van der Waals surface area contributed by atoms with E-state index < -0.39 is 57.8 Å². The van der Waals surface area contributed by atoms with Crippen molar-refractivity contribution in [2.45, 2.75) is 213 Å². The summed E-state index contributed by atoms with van der Waals surface area (Å²) in [6.07, 6.45) is 53.0. The number of carbonyl (C=O) groups is 3. The maximum atomic E-state index is 12.8. The Balaban J connectivity index is 4.83. The van der Waals surface area contributed by atoms with Gasteiger partial charge < -0.3 is 24.2 Å². The number of phosphoric acid groups is 1. The molecule has 12 heteroatoms. The first-order chi connectivity index (χ1) is 32.2. The topological polar surface area (TPSA) is 155 Å². The van der Waals surface area contributed by atoms with Crippen molar-refractivity contribution >= 4 is 25.7 Å². The van der Waals surface area contributed by atoms with E-state index in [1.807, 2.05) is 12.2 Å². The average molecular weight is 947 g/mol. The highest BCUT2D eigenvalue weighted by Gasteiger charge is 2.28. The number of unbranched alkanes of at least 4 members (excludes halogenated alkanes) is 15. The van der Waals surface area contributed by atoms with E-state index in [1.165, 1.54) is 44.9 Å². The van der Waals surface area contributed by atoms with E-state index in [0.29, 0.717) is 19.3 Å². The zero-order valence-electron chi connectivity index (χ0n) is 41.4. The molecule has 0 fully saturated rings. The standard InChI is InChI=1S/C54H91O11P/c1-4-7-10-13-16-19-21-23-24-25-26-28-29-32-34-37-40-43-52(56)61-47-51(65-54(58)45-42-39-36-33-30-27-22-20-17-14-11-8-5-2)49-63-66(59,60)62-48-50(46-55)64-53(57)44-41-38-35-31-18-15-12-9-6-3/h7-8,10-11,16-17,19-20,23-24,27,30,36,39,50-51,55H,4-6,9,12-15,18,21-22,25-26,28-29,31-35,37-38,40-49H2,1-3H3,(H,59,60)/b10-7-,11-8-,19-16-,20-17-,24-23-,30-27-,39-36-. The Labute approximate surface area is 400 Å². The van der Waals surface area contributed by atoms with Crippen LogP contribution in [0.25, 0.3) is 0 Å². The second kappa shape index (κ2) is 48.1. The number of carbonyl (C=O) groups excluding carboxylic acids is 3. The molecule has 0 saturated carbocycles. The molecular weight excluding hydrogens is 856 g/mol. The molecule has 0 aromatic heterocycles. The van der Waals surface area contributed by atoms with Gasteiger partial charge in [0.15, 0.2) is 6.10 Å². The molecule has 0 aliphatic heterocycles. The zero-order valence-corrected chi connectivity index (χ0v) is 42.3. The summed E-state index contributed by atoms with van der Waals surface area (Å²) in [4.78, 5) is 48.2. The molecule has 0 bridgehead atoms. The minimum Gasteiger partial charge on any atom is -0.462 e. The van der Waals surface area contributed by atoms with E-state index in [2.05, 4.69) is 93.7 Å². The molecule has 66 heavy (non-hydrogen) atoms. The van der Waals surface area contributed by atoms with E-state index in [-0.39, 0.29) is 25.9 Å². The molecule has 0 aromatic rings. The third-order valence-electron chi connectivity index (χ3n) is 10.3. The number of allylic oxidation sites excluding steroid dienone is 14. The molecule has 0 heterocycles. The first-order valence-corrected chi connectivity index (χ1v) is 27.0. The molecule has 0 aromatic carbocycles. The van der Waals surface area contributed by atoms with Gasteiger partial charge in [-0.3, -0.25) is 23.4 Å². The fourth-order valence-electron chi connectivity index (χ4n) is 6.50. The molecule has 0 aliphatic carbocycles. The SMILES string of the molecule is CC/C=C\C/C=C\C/C=C\C/C=C\CCC(=O)OC(COC(=O)CCCCCCCCC/C=C\C/C=C\C/C=C\CC)COP(=O)(O)OCC(CO)OC(=O)CCCCCCCCCCC. The summed E-state index contributed by atoms with van der Waals surface area (Å²) in [5, 5.41) is 9.73. The van der Waals surface area contributed by atoms with Crippen molar-refractivity contribution in [1.82, 2.24) is 0 Å². The predicted octanol–water partition coefficient (Wildman–Crippen LogP) is 14.4. The minimum atomic E-state index is -4.76. The van der Waals surface area contributed by atoms with Gasteiger partial charge in [-0.25, -0.2) is 4.57 Å². The largest absolute Gasteiger partial charge is 0.472 e. The summed E-state index contributed by atoms with van der Waals surface area (Å²) >= 11 is 0. The number of hydrogen-bond acceptors (Lipinski definition) is 10. The molecule has 3 unspecified atom stereocenters. The minimum absolute atomic E-state index is 0.0419. The Bertz CT molecular complexity index is 1430. The molecule has 0 amide bonds. The lowest BCUT2D eigenvalue weighted by Crippen LogP contribution is -2.30. The molecule has 0 spiro atoms. The molecule has 11 nitrogen and oxygen atoms in total. The Morgan fingerprint density at radius 1 is 0.439 bits per heavy atom. The van der Waals surface area contributed by atoms with Gasteiger partial charge in [0.05, 0.1) is 19.8 Å². The fourth-order valence-corrected chi connectivity index (χ4v) is 7.28. The maximum Gasteiger partial charge on any atom is 0.472 e. The quantitative estimate of drug-likeness (QED) is 0.0197. The second-order valence-corrected chi connectivity index (χ2v) is 18.0. The van der Waals surface area contributed by atoms with Crippen molar-refractivity contribution in [3.63, 3.8) is 0 Å². The lowest BCUT2D eigenvalue weighted by atomic mass is 10.1. The van der Waals surface area contributed by atoms with Gasteiger partial charge in [-0.15, -0.1) is 0 Å². The molecule has 378 valence electrons. The first kappa shape index (κ1) is 62.7. The van der Waals surface area contributed by atoms with Crippen molar-refractivity contribution in [3.8, 4) is 0 Å². The molecule has 2 N–H and O–H groups in total. The first-order valence-electron chi connectivity index (χ1n) is 25.5. The average Bonchev–Trinajstić information content (AvgIpc) is 3.30. The highest BCUT2D eigenvalue weighted by Crippen LogP contribution is 2.43. The number of ether oxygens (including phenoxy) is 3. The highest BCUT2D eigenvalue weighted by molar-refractivity contribution is 7.47. The molecule has 0 radical (unpaired) electrons. The van der Waals surface area contributed by atoms with E-state index in [4.69, 9.17) is 23.3 Å². The van der Waals surface area contributed by atoms with Crippen LogP contribution in [-0.2, 0) is 42.2 Å². The number of hydrogen-bond donors (Lipinski definition) is 2. The number of rotatable bonds is 46. The Kier molecular flexibility index (Phi) is 45.7. The Hall–Kier alpha value is -3.34. The van der Waals surface area contributed by atoms with E-state index in [9.17, 15) is 28.9 Å². The summed E-state index contributed by atoms with van der Waals surface area (Å²) < 4.78 is 39.2. The van der Waals surface area contributed by atoms with Gasteiger partial charge in [0, 0.05) is 19.3 Å². The second-order valence-electron chi connectivity index (χ2n) is 16.6. The number of aliphatic hydroxyl groups is 1. The van der Waals surface area contributed by atoms with Gasteiger partial charge in [-0.05, 0) is 77.0 Å². The molecule has 0 saturated heterocycles. The van der Waals surface area contributed by atoms with Gasteiger partial charge >= 0.3 is 25.7 Å². The number of esters is 3. The van der Waals surface area contributed by atoms with Crippen LogP contribution in [0, 0.1) is 0 Å². The van der Waals surface area contributed by atoms with Crippen LogP contribution in [0.5, 0.6) is 0 Å². The summed E-state index contributed by atoms with van der Waals surface area (Å²) in [5.41, 5.74) is 0. The maximum absolute atomic E-state index is 12.8. The van der Waals surface area contributed by atoms with Crippen LogP contribution in [0.1, 0.15) is 201 Å². The van der Waals surface area contributed by atoms with E-state index in [1.54, 1.807) is 0 Å². The van der Waals surface area contributed by atoms with Crippen LogP contribution < -0.4 is 0 Å². The van der Waals surface area contributed by atoms with Crippen molar-refractivity contribution in [2.75, 3.05) is 26.4 Å². The summed E-state index contributed by atoms with van der Waals surface area (Å²) in [5.74, 6) is -1.58. The van der Waals surface area contributed by atoms with Crippen LogP contribution in [-0.4, -0.2) is 66.5 Å². The fraction of sp³-hybridized carbons (Fsp3) is 0.685. The lowest BCUT2D eigenvalue weighted by Gasteiger charge is -2.21. The van der Waals surface area contributed by atoms with Crippen LogP contribution in [0.15, 0.2) is 85.1 Å². The monoisotopic (exact) mass is 947 g/mol. The lowest BCUT2D eigenvalue weighted by molar-refractivity contribution is -0.161. The molecule has 0 rings (SSSR count). The van der Waals surface area contributed by atoms with E-state index in [0.717, 1.165) is 96.3 Å². The predicted molar refractivity (Wildman–Crippen MR) is 270 cm³/mol. The van der Waals surface area contributed by atoms with Crippen molar-refractivity contribution < 1.29 is 52.2 Å². The molecule has 0 aliphatic rings. The van der Waals surface area contributed by atoms with Gasteiger partial charge in [-0.2, -0.15) is 0 Å². The van der Waals surface area contributed by atoms with Crippen LogP contribution in [0.2, 0.25) is 0 Å². The van der Waals surface area contributed by atoms with Gasteiger partial charge in [-0.1, -0.05) is 189 Å². The van der Waals surface area contributed by atoms with Gasteiger partial charge in [0.2, 0.25) is 0 Å². The number of phosphoric ester groups is 1. The van der Waals surface area contributed by atoms with Crippen molar-refractivity contribution in [3.05, 3.63) is 85.1 Å². The van der Waals surface area contributed by atoms with Gasteiger partial charge in [0.25, 0.3) is 0 Å². The van der Waals surface area contributed by atoms with E-state index >= 15 is 0 Å². The van der Waals surface area contributed by atoms with Crippen LogP contribution in [0.4, 0.5) is 0 Å². The third kappa shape index (κ3) is 45.8. The van der Waals surface area contributed by atoms with Crippen LogP contribution >= 0.6 is 7.82 Å². The Morgan fingerprint density at radius 2 is 0.818 bits per heavy atom. The number of aliphatic hydroxyl groups excluding tert-OH is 1. The van der Waals surface area contributed by atoms with Crippen molar-refractivity contribution in [2.24, 2.45) is 0 Å². The van der Waals surface area contributed by atoms with Gasteiger partial charge in [0.1, 0.15) is 12.7 Å². The summed E-state index contributed by atoms with van der Waals surface area (Å²) in [6.45, 7) is 4.27. The summed E-state index contributed by atoms with van der Waals surface area (Å²) in [7, 11) is -4.76. The highest BCUT2D eigenvalue weighted by atomic mass is 31.2. The van der Waals surface area contributed by atoms with Crippen LogP contribution in [0.3, 0.4) is 0 Å². The Morgan fingerprint density at radius 3 is 1.30 bits per heavy atom. The normalized spacial score (nSPS) is 14.2. The molecule has 3 atom stereocenters. The third-order valence-corrected chi connectivity index (χ3v) is 11.3. The summed E-state index contributed by atoms with van der Waals surface area (Å²) in [6, 6.07) is 0. The van der Waals surface area contributed by atoms with Crippen molar-refractivity contribution in [1.29, 1.82) is 0 Å². The zero-order chi connectivity index (χ0) is 48.4. The smallest absolute Gasteiger partial charge is 0.462 e. The molecular formula is C54H91O11P.